The summed E-state index contributed by atoms with van der Waals surface area (Å²) in [5.41, 5.74) is 1.22. The number of amides is 2. The highest BCUT2D eigenvalue weighted by molar-refractivity contribution is 5.99. The molecule has 1 saturated carbocycles. The van der Waals surface area contributed by atoms with Gasteiger partial charge in [0.05, 0.1) is 12.2 Å². The molecule has 1 aliphatic carbocycles. The maximum atomic E-state index is 13.9. The largest absolute Gasteiger partial charge is 0.454 e. The molecular formula is C27H36N4O4. The highest BCUT2D eigenvalue weighted by Gasteiger charge is 2.48. The number of hydrogen-bond donors (Lipinski definition) is 1. The lowest BCUT2D eigenvalue weighted by Crippen LogP contribution is -2.64. The minimum atomic E-state index is -1.07. The van der Waals surface area contributed by atoms with E-state index in [0.717, 1.165) is 36.9 Å². The van der Waals surface area contributed by atoms with Crippen LogP contribution in [0.4, 0.5) is 0 Å². The minimum Gasteiger partial charge on any atom is -0.454 e. The Morgan fingerprint density at radius 1 is 1.11 bits per heavy atom. The zero-order chi connectivity index (χ0) is 24.6. The summed E-state index contributed by atoms with van der Waals surface area (Å²) < 4.78 is 12.7. The van der Waals surface area contributed by atoms with Crippen LogP contribution < -0.4 is 14.8 Å². The van der Waals surface area contributed by atoms with Crippen molar-refractivity contribution in [3.63, 3.8) is 0 Å². The van der Waals surface area contributed by atoms with Gasteiger partial charge >= 0.3 is 0 Å². The van der Waals surface area contributed by atoms with E-state index < -0.39 is 5.54 Å². The molecule has 0 spiro atoms. The monoisotopic (exact) mass is 480 g/mol. The number of nitrogens with zero attached hydrogens (tertiary/aromatic N) is 3. The van der Waals surface area contributed by atoms with E-state index in [9.17, 15) is 9.59 Å². The molecule has 35 heavy (non-hydrogen) atoms. The summed E-state index contributed by atoms with van der Waals surface area (Å²) in [7, 11) is 0. The number of ether oxygens (including phenoxy) is 2. The van der Waals surface area contributed by atoms with Crippen LogP contribution in [-0.2, 0) is 17.9 Å². The molecule has 2 aromatic rings. The Morgan fingerprint density at radius 2 is 1.83 bits per heavy atom. The number of aromatic nitrogens is 2. The molecule has 0 saturated heterocycles. The summed E-state index contributed by atoms with van der Waals surface area (Å²) in [6.45, 7) is 6.81. The molecule has 1 aromatic carbocycles. The van der Waals surface area contributed by atoms with Gasteiger partial charge in [-0.2, -0.15) is 5.10 Å². The lowest BCUT2D eigenvalue weighted by molar-refractivity contribution is -0.134. The van der Waals surface area contributed by atoms with Gasteiger partial charge in [0.15, 0.2) is 11.5 Å². The van der Waals surface area contributed by atoms with E-state index in [-0.39, 0.29) is 30.6 Å². The third kappa shape index (κ3) is 4.62. The average molecular weight is 481 g/mol. The van der Waals surface area contributed by atoms with Crippen LogP contribution in [0.5, 0.6) is 11.5 Å². The molecule has 3 aliphatic rings. The average Bonchev–Trinajstić information content (AvgIpc) is 3.45. The maximum Gasteiger partial charge on any atom is 0.273 e. The topological polar surface area (TPSA) is 85.7 Å². The highest BCUT2D eigenvalue weighted by Crippen LogP contribution is 2.35. The van der Waals surface area contributed by atoms with Crippen LogP contribution in [0, 0.1) is 0 Å². The third-order valence-corrected chi connectivity index (χ3v) is 7.62. The molecule has 0 bridgehead atoms. The van der Waals surface area contributed by atoms with Crippen molar-refractivity contribution in [2.75, 3.05) is 6.79 Å². The molecule has 5 rings (SSSR count). The minimum absolute atomic E-state index is 0.107. The molecular weight excluding hydrogens is 444 g/mol. The highest BCUT2D eigenvalue weighted by atomic mass is 16.7. The van der Waals surface area contributed by atoms with Crippen LogP contribution in [0.15, 0.2) is 24.3 Å². The van der Waals surface area contributed by atoms with Crippen LogP contribution >= 0.6 is 0 Å². The number of fused-ring (bicyclic) bond motifs is 2. The van der Waals surface area contributed by atoms with Crippen molar-refractivity contribution in [2.24, 2.45) is 0 Å². The fraction of sp³-hybridized carbons (Fsp3) is 0.593. The van der Waals surface area contributed by atoms with Crippen molar-refractivity contribution in [1.29, 1.82) is 0 Å². The quantitative estimate of drug-likeness (QED) is 0.687. The molecule has 1 N–H and O–H groups in total. The predicted molar refractivity (Wildman–Crippen MR) is 131 cm³/mol. The summed E-state index contributed by atoms with van der Waals surface area (Å²) >= 11 is 0. The Hall–Kier alpha value is -3.03. The number of rotatable bonds is 5. The van der Waals surface area contributed by atoms with E-state index in [0.29, 0.717) is 30.3 Å². The van der Waals surface area contributed by atoms with Gasteiger partial charge in [0.25, 0.3) is 5.91 Å². The zero-order valence-corrected chi connectivity index (χ0v) is 21.0. The fourth-order valence-corrected chi connectivity index (χ4v) is 5.35. The molecule has 188 valence electrons. The van der Waals surface area contributed by atoms with Crippen LogP contribution in [-0.4, -0.2) is 44.9 Å². The molecule has 2 aliphatic heterocycles. The first-order chi connectivity index (χ1) is 16.8. The number of hydrogen-bond acceptors (Lipinski definition) is 5. The van der Waals surface area contributed by atoms with Gasteiger partial charge in [0.2, 0.25) is 12.7 Å². The lowest BCUT2D eigenvalue weighted by atomic mass is 9.91. The van der Waals surface area contributed by atoms with E-state index >= 15 is 0 Å². The van der Waals surface area contributed by atoms with Crippen LogP contribution in [0.3, 0.4) is 0 Å². The molecule has 2 amide bonds. The van der Waals surface area contributed by atoms with Gasteiger partial charge in [-0.3, -0.25) is 14.3 Å². The number of carbonyl (C=O) groups is 2. The first-order valence-corrected chi connectivity index (χ1v) is 12.9. The molecule has 1 fully saturated rings. The summed E-state index contributed by atoms with van der Waals surface area (Å²) in [4.78, 5) is 29.4. The summed E-state index contributed by atoms with van der Waals surface area (Å²) in [5.74, 6) is 1.27. The van der Waals surface area contributed by atoms with Crippen molar-refractivity contribution < 1.29 is 19.1 Å². The molecule has 8 nitrogen and oxygen atoms in total. The zero-order valence-electron chi connectivity index (χ0n) is 21.0. The Labute approximate surface area is 207 Å². The number of benzene rings is 1. The van der Waals surface area contributed by atoms with Crippen LogP contribution in [0.2, 0.25) is 0 Å². The fourth-order valence-electron chi connectivity index (χ4n) is 5.35. The van der Waals surface area contributed by atoms with Gasteiger partial charge in [-0.15, -0.1) is 0 Å². The normalized spacial score (nSPS) is 22.6. The molecule has 3 heterocycles. The second-order valence-corrected chi connectivity index (χ2v) is 10.6. The number of carbonyl (C=O) groups excluding carboxylic acids is 2. The van der Waals surface area contributed by atoms with Gasteiger partial charge < -0.3 is 19.7 Å². The second kappa shape index (κ2) is 9.55. The van der Waals surface area contributed by atoms with E-state index in [4.69, 9.17) is 14.6 Å². The van der Waals surface area contributed by atoms with Crippen LogP contribution in [0.1, 0.15) is 93.4 Å². The van der Waals surface area contributed by atoms with E-state index in [1.54, 1.807) is 9.58 Å². The van der Waals surface area contributed by atoms with Gasteiger partial charge in [-0.1, -0.05) is 52.0 Å². The second-order valence-electron chi connectivity index (χ2n) is 10.6. The Morgan fingerprint density at radius 3 is 2.57 bits per heavy atom. The molecule has 1 aromatic heterocycles. The van der Waals surface area contributed by atoms with E-state index in [2.05, 4.69) is 19.2 Å². The Kier molecular flexibility index (Phi) is 6.47. The first kappa shape index (κ1) is 23.7. The smallest absolute Gasteiger partial charge is 0.273 e. The Balaban J connectivity index is 1.46. The molecule has 8 heteroatoms. The van der Waals surface area contributed by atoms with E-state index in [1.807, 2.05) is 31.2 Å². The predicted octanol–water partition coefficient (Wildman–Crippen LogP) is 4.38. The number of nitrogens with one attached hydrogen (secondary N) is 1. The van der Waals surface area contributed by atoms with Gasteiger partial charge in [-0.05, 0) is 49.4 Å². The van der Waals surface area contributed by atoms with Crippen molar-refractivity contribution in [2.45, 2.75) is 96.3 Å². The third-order valence-electron chi connectivity index (χ3n) is 7.62. The van der Waals surface area contributed by atoms with E-state index in [1.165, 1.54) is 19.3 Å². The van der Waals surface area contributed by atoms with Crippen LogP contribution in [0.25, 0.3) is 0 Å². The Bertz CT molecular complexity index is 1100. The first-order valence-electron chi connectivity index (χ1n) is 12.9. The molecule has 1 unspecified atom stereocenters. The summed E-state index contributed by atoms with van der Waals surface area (Å²) in [5, 5.41) is 8.01. The standard InChI is InChI=1S/C27H36N4O4/c1-18(2)21-14-22-25(32)30(15-19-11-12-23-24(13-19)35-17-34-23)27(3,16-31(22)29-21)26(33)28-20-9-7-5-4-6-8-10-20/h11-14,18,20H,4-10,15-17H2,1-3H3,(H,28,33). The summed E-state index contributed by atoms with van der Waals surface area (Å²) in [6, 6.07) is 7.70. The molecule has 0 radical (unpaired) electrons. The molecule has 1 atom stereocenters. The van der Waals surface area contributed by atoms with Crippen molar-refractivity contribution in [3.8, 4) is 11.5 Å². The SMILES string of the molecule is CC(C)c1cc2n(n1)CC(C)(C(=O)NC1CCCCCCC1)N(Cc1ccc3c(c1)OCO3)C2=O. The van der Waals surface area contributed by atoms with Crippen molar-refractivity contribution in [1.82, 2.24) is 20.0 Å². The van der Waals surface area contributed by atoms with Gasteiger partial charge in [0, 0.05) is 12.6 Å². The van der Waals surface area contributed by atoms with Crippen molar-refractivity contribution in [3.05, 3.63) is 41.2 Å². The summed E-state index contributed by atoms with van der Waals surface area (Å²) in [6.07, 6.45) is 7.94. The van der Waals surface area contributed by atoms with Gasteiger partial charge in [-0.25, -0.2) is 0 Å². The van der Waals surface area contributed by atoms with Gasteiger partial charge in [0.1, 0.15) is 11.2 Å². The van der Waals surface area contributed by atoms with Crippen molar-refractivity contribution >= 4 is 11.8 Å². The lowest BCUT2D eigenvalue weighted by Gasteiger charge is -2.44. The maximum absolute atomic E-state index is 13.9.